The first kappa shape index (κ1) is 20.3. The zero-order valence-electron chi connectivity index (χ0n) is 15.1. The number of nitrogens with one attached hydrogen (secondary N) is 1. The summed E-state index contributed by atoms with van der Waals surface area (Å²) in [6, 6.07) is 7.50. The zero-order chi connectivity index (χ0) is 19.1. The molecule has 0 saturated heterocycles. The van der Waals surface area contributed by atoms with Gasteiger partial charge in [-0.3, -0.25) is 9.59 Å². The van der Waals surface area contributed by atoms with Crippen molar-refractivity contribution in [1.29, 1.82) is 0 Å². The number of hydrogen-bond donors (Lipinski definition) is 1. The number of carbonyl (C=O) groups excluding carboxylic acids is 1. The molecule has 0 atom stereocenters. The standard InChI is InChI=1S/C19H21BrN3O2P/c1-4-16(9-8-14(2)20)21-18(24)13-23-19(25)12-17(15(3)22-23)26-10-6-5-7-11-26/h5-12H,4,13H2,1-3H3/p+1/b14-8+,16-9+. The predicted octanol–water partition coefficient (Wildman–Crippen LogP) is 4.52. The van der Waals surface area contributed by atoms with Crippen LogP contribution in [0.15, 0.2) is 63.0 Å². The van der Waals surface area contributed by atoms with Gasteiger partial charge in [0.1, 0.15) is 23.8 Å². The van der Waals surface area contributed by atoms with Gasteiger partial charge in [-0.2, -0.15) is 5.10 Å². The Labute approximate surface area is 162 Å². The Bertz CT molecular complexity index is 901. The minimum Gasteiger partial charge on any atom is -0.328 e. The fourth-order valence-electron chi connectivity index (χ4n) is 2.33. The van der Waals surface area contributed by atoms with E-state index in [1.54, 1.807) is 6.07 Å². The third-order valence-corrected chi connectivity index (χ3v) is 5.90. The highest BCUT2D eigenvalue weighted by Crippen LogP contribution is 2.38. The van der Waals surface area contributed by atoms with Crippen LogP contribution in [-0.4, -0.2) is 15.7 Å². The Balaban J connectivity index is 2.19. The molecule has 2 aromatic rings. The van der Waals surface area contributed by atoms with Gasteiger partial charge >= 0.3 is 0 Å². The third-order valence-electron chi connectivity index (χ3n) is 3.64. The number of carbonyl (C=O) groups is 1. The Morgan fingerprint density at radius 2 is 2.00 bits per heavy atom. The van der Waals surface area contributed by atoms with Crippen molar-refractivity contribution in [3.63, 3.8) is 0 Å². The lowest BCUT2D eigenvalue weighted by molar-refractivity contribution is -0.121. The molecule has 2 aromatic heterocycles. The second kappa shape index (κ2) is 9.60. The van der Waals surface area contributed by atoms with Crippen LogP contribution >= 0.6 is 23.5 Å². The molecule has 0 aliphatic carbocycles. The van der Waals surface area contributed by atoms with E-state index in [9.17, 15) is 9.59 Å². The Kier molecular flexibility index (Phi) is 7.49. The Morgan fingerprint density at radius 1 is 1.31 bits per heavy atom. The molecular formula is C19H22BrN3O2P+. The highest BCUT2D eigenvalue weighted by molar-refractivity contribution is 9.11. The number of amides is 1. The molecule has 1 amide bonds. The van der Waals surface area contributed by atoms with Crippen LogP contribution in [0.4, 0.5) is 0 Å². The lowest BCUT2D eigenvalue weighted by atomic mass is 10.3. The van der Waals surface area contributed by atoms with Crippen molar-refractivity contribution in [3.8, 4) is 5.30 Å². The molecule has 7 heteroatoms. The summed E-state index contributed by atoms with van der Waals surface area (Å²) in [4.78, 5) is 24.7. The van der Waals surface area contributed by atoms with Crippen LogP contribution in [0.25, 0.3) is 5.30 Å². The quantitative estimate of drug-likeness (QED) is 0.679. The second-order valence-corrected chi connectivity index (χ2v) is 8.88. The van der Waals surface area contributed by atoms with Gasteiger partial charge in [0, 0.05) is 5.70 Å². The first-order chi connectivity index (χ1) is 12.4. The van der Waals surface area contributed by atoms with E-state index in [0.29, 0.717) is 6.42 Å². The van der Waals surface area contributed by atoms with Crippen molar-refractivity contribution >= 4 is 29.4 Å². The smallest absolute Gasteiger partial charge is 0.271 e. The summed E-state index contributed by atoms with van der Waals surface area (Å²) < 4.78 is 2.18. The number of allylic oxidation sites excluding steroid dienone is 4. The average molecular weight is 435 g/mol. The molecule has 1 N–H and O–H groups in total. The second-order valence-electron chi connectivity index (χ2n) is 5.74. The van der Waals surface area contributed by atoms with Crippen LogP contribution in [0.3, 0.4) is 0 Å². The minimum absolute atomic E-state index is 0.105. The zero-order valence-corrected chi connectivity index (χ0v) is 17.5. The van der Waals surface area contributed by atoms with Gasteiger partial charge in [0.15, 0.2) is 12.8 Å². The van der Waals surface area contributed by atoms with Gasteiger partial charge in [0.2, 0.25) is 5.91 Å². The molecule has 5 nitrogen and oxygen atoms in total. The Morgan fingerprint density at radius 3 is 2.62 bits per heavy atom. The maximum Gasteiger partial charge on any atom is 0.271 e. The van der Waals surface area contributed by atoms with Crippen LogP contribution in [0, 0.1) is 6.92 Å². The van der Waals surface area contributed by atoms with Crippen molar-refractivity contribution in [2.45, 2.75) is 33.7 Å². The van der Waals surface area contributed by atoms with Crippen LogP contribution < -0.4 is 10.9 Å². The monoisotopic (exact) mass is 434 g/mol. The highest BCUT2D eigenvalue weighted by Gasteiger charge is 2.17. The fourth-order valence-corrected chi connectivity index (χ4v) is 4.13. The maximum atomic E-state index is 12.4. The molecule has 0 saturated carbocycles. The minimum atomic E-state index is -0.653. The van der Waals surface area contributed by atoms with Crippen LogP contribution in [0.5, 0.6) is 0 Å². The predicted molar refractivity (Wildman–Crippen MR) is 111 cm³/mol. The molecule has 0 aromatic carbocycles. The van der Waals surface area contributed by atoms with E-state index in [0.717, 1.165) is 21.2 Å². The largest absolute Gasteiger partial charge is 0.328 e. The molecule has 0 unspecified atom stereocenters. The van der Waals surface area contributed by atoms with Crippen molar-refractivity contribution in [2.75, 3.05) is 0 Å². The first-order valence-electron chi connectivity index (χ1n) is 8.29. The van der Waals surface area contributed by atoms with Gasteiger partial charge in [-0.25, -0.2) is 4.68 Å². The van der Waals surface area contributed by atoms with E-state index in [1.807, 2.05) is 51.1 Å². The van der Waals surface area contributed by atoms with Crippen LogP contribution in [0.2, 0.25) is 0 Å². The van der Waals surface area contributed by atoms with Crippen molar-refractivity contribution in [3.05, 3.63) is 74.2 Å². The first-order valence-corrected chi connectivity index (χ1v) is 10.6. The summed E-state index contributed by atoms with van der Waals surface area (Å²) in [5.74, 6) is 3.89. The van der Waals surface area contributed by atoms with Crippen molar-refractivity contribution in [1.82, 2.24) is 15.1 Å². The molecule has 0 aliphatic heterocycles. The van der Waals surface area contributed by atoms with Crippen molar-refractivity contribution in [2.24, 2.45) is 0 Å². The van der Waals surface area contributed by atoms with Crippen LogP contribution in [0.1, 0.15) is 26.0 Å². The molecule has 2 rings (SSSR count). The molecule has 2 heterocycles. The summed E-state index contributed by atoms with van der Waals surface area (Å²) in [5.41, 5.74) is 1.29. The van der Waals surface area contributed by atoms with E-state index in [2.05, 4.69) is 37.9 Å². The van der Waals surface area contributed by atoms with Crippen LogP contribution in [-0.2, 0) is 11.3 Å². The van der Waals surface area contributed by atoms with Gasteiger partial charge in [-0.05, 0) is 43.0 Å². The van der Waals surface area contributed by atoms with Gasteiger partial charge in [-0.15, -0.1) is 0 Å². The summed E-state index contributed by atoms with van der Waals surface area (Å²) in [5, 5.41) is 8.09. The number of rotatable bonds is 6. The molecule has 136 valence electrons. The topological polar surface area (TPSA) is 64.0 Å². The number of aromatic nitrogens is 2. The fraction of sp³-hybridized carbons (Fsp3) is 0.263. The lowest BCUT2D eigenvalue weighted by Crippen LogP contribution is -2.33. The SMILES string of the molecule is CC/C(=C\C=C(/C)Br)NC(=O)Cn1nc(C)c(-[p+]2ccccc2)cc1=O. The van der Waals surface area contributed by atoms with Gasteiger partial charge in [-0.1, -0.05) is 35.0 Å². The van der Waals surface area contributed by atoms with Gasteiger partial charge < -0.3 is 5.32 Å². The lowest BCUT2D eigenvalue weighted by Gasteiger charge is -2.09. The summed E-state index contributed by atoms with van der Waals surface area (Å²) in [6.07, 6.45) is 4.39. The van der Waals surface area contributed by atoms with E-state index >= 15 is 0 Å². The molecular weight excluding hydrogens is 413 g/mol. The van der Waals surface area contributed by atoms with E-state index < -0.39 is 7.53 Å². The van der Waals surface area contributed by atoms with E-state index in [-0.39, 0.29) is 18.0 Å². The van der Waals surface area contributed by atoms with E-state index in [1.165, 1.54) is 4.68 Å². The maximum absolute atomic E-state index is 12.4. The summed E-state index contributed by atoms with van der Waals surface area (Å²) in [6.45, 7) is 5.63. The Hall–Kier alpha value is -2.04. The van der Waals surface area contributed by atoms with E-state index in [4.69, 9.17) is 0 Å². The number of hydrogen-bond acceptors (Lipinski definition) is 3. The third kappa shape index (κ3) is 5.75. The van der Waals surface area contributed by atoms with Crippen molar-refractivity contribution < 1.29 is 4.79 Å². The van der Waals surface area contributed by atoms with Gasteiger partial charge in [0.05, 0.1) is 6.07 Å². The highest BCUT2D eigenvalue weighted by atomic mass is 79.9. The molecule has 0 spiro atoms. The average Bonchev–Trinajstić information content (AvgIpc) is 2.62. The number of halogens is 1. The molecule has 0 radical (unpaired) electrons. The number of nitrogens with zero attached hydrogens (tertiary/aromatic N) is 2. The normalized spacial score (nSPS) is 12.2. The van der Waals surface area contributed by atoms with Gasteiger partial charge in [0.25, 0.3) is 5.56 Å². The summed E-state index contributed by atoms with van der Waals surface area (Å²) in [7, 11) is -0.653. The molecule has 26 heavy (non-hydrogen) atoms. The number of aryl methyl sites for hydroxylation is 1. The summed E-state index contributed by atoms with van der Waals surface area (Å²) >= 11 is 3.35. The molecule has 0 fully saturated rings. The molecule has 0 aliphatic rings. The molecule has 0 bridgehead atoms.